The molecule has 0 fully saturated rings. The standard InChI is InChI=1S/C11H21N3O4/c1-11(2,3)7-18-10(17)13-5-4-9(16)14-6-8(12)15/h4-7H2,1-3H3,(H2,12,15)(H,13,17)(H,14,16). The highest BCUT2D eigenvalue weighted by molar-refractivity contribution is 5.83. The zero-order valence-electron chi connectivity index (χ0n) is 11.0. The topological polar surface area (TPSA) is 111 Å². The number of hydrogen-bond donors (Lipinski definition) is 3. The molecule has 18 heavy (non-hydrogen) atoms. The van der Waals surface area contributed by atoms with Crippen molar-refractivity contribution in [3.8, 4) is 0 Å². The summed E-state index contributed by atoms with van der Waals surface area (Å²) in [6, 6.07) is 0. The second-order valence-corrected chi connectivity index (χ2v) is 5.06. The van der Waals surface area contributed by atoms with E-state index < -0.39 is 12.0 Å². The van der Waals surface area contributed by atoms with Crippen LogP contribution in [0.2, 0.25) is 0 Å². The van der Waals surface area contributed by atoms with Gasteiger partial charge in [-0.25, -0.2) is 4.79 Å². The van der Waals surface area contributed by atoms with Crippen LogP contribution in [0.4, 0.5) is 4.79 Å². The predicted octanol–water partition coefficient (Wildman–Crippen LogP) is -0.250. The Bertz CT molecular complexity index is 310. The number of hydrogen-bond acceptors (Lipinski definition) is 4. The second-order valence-electron chi connectivity index (χ2n) is 5.06. The molecule has 0 aromatic heterocycles. The van der Waals surface area contributed by atoms with Crippen LogP contribution in [0.5, 0.6) is 0 Å². The highest BCUT2D eigenvalue weighted by Crippen LogP contribution is 2.12. The first-order valence-electron chi connectivity index (χ1n) is 5.66. The zero-order chi connectivity index (χ0) is 14.2. The first kappa shape index (κ1) is 16.2. The maximum absolute atomic E-state index is 11.2. The molecule has 0 saturated heterocycles. The average molecular weight is 259 g/mol. The van der Waals surface area contributed by atoms with E-state index in [4.69, 9.17) is 10.5 Å². The van der Waals surface area contributed by atoms with Crippen LogP contribution in [0, 0.1) is 5.41 Å². The zero-order valence-corrected chi connectivity index (χ0v) is 11.0. The van der Waals surface area contributed by atoms with Crippen LogP contribution < -0.4 is 16.4 Å². The molecule has 0 rings (SSSR count). The summed E-state index contributed by atoms with van der Waals surface area (Å²) in [7, 11) is 0. The van der Waals surface area contributed by atoms with Crippen LogP contribution in [-0.4, -0.2) is 37.6 Å². The fourth-order valence-corrected chi connectivity index (χ4v) is 0.885. The van der Waals surface area contributed by atoms with Gasteiger partial charge in [0.15, 0.2) is 0 Å². The third-order valence-electron chi connectivity index (χ3n) is 1.72. The van der Waals surface area contributed by atoms with Crippen molar-refractivity contribution < 1.29 is 19.1 Å². The molecule has 0 unspecified atom stereocenters. The lowest BCUT2D eigenvalue weighted by Crippen LogP contribution is -2.36. The van der Waals surface area contributed by atoms with Crippen molar-refractivity contribution in [2.24, 2.45) is 11.1 Å². The molecule has 0 aliphatic heterocycles. The summed E-state index contributed by atoms with van der Waals surface area (Å²) in [5, 5.41) is 4.74. The van der Waals surface area contributed by atoms with E-state index in [0.717, 1.165) is 0 Å². The van der Waals surface area contributed by atoms with Crippen molar-refractivity contribution in [3.63, 3.8) is 0 Å². The molecule has 7 nitrogen and oxygen atoms in total. The van der Waals surface area contributed by atoms with Crippen molar-refractivity contribution >= 4 is 17.9 Å². The number of alkyl carbamates (subject to hydrolysis) is 1. The van der Waals surface area contributed by atoms with E-state index in [-0.39, 0.29) is 30.8 Å². The molecule has 0 aromatic carbocycles. The van der Waals surface area contributed by atoms with E-state index in [1.165, 1.54) is 0 Å². The van der Waals surface area contributed by atoms with Gasteiger partial charge in [0.2, 0.25) is 11.8 Å². The molecule has 0 spiro atoms. The van der Waals surface area contributed by atoms with Gasteiger partial charge in [0.05, 0.1) is 13.2 Å². The molecule has 7 heteroatoms. The number of rotatable bonds is 6. The highest BCUT2D eigenvalue weighted by Gasteiger charge is 2.13. The normalized spacial score (nSPS) is 10.6. The Labute approximate surface area is 106 Å². The van der Waals surface area contributed by atoms with E-state index in [1.54, 1.807) is 0 Å². The predicted molar refractivity (Wildman–Crippen MR) is 65.6 cm³/mol. The molecule has 0 bridgehead atoms. The van der Waals surface area contributed by atoms with E-state index in [2.05, 4.69) is 10.6 Å². The number of ether oxygens (including phenoxy) is 1. The van der Waals surface area contributed by atoms with Crippen molar-refractivity contribution in [1.29, 1.82) is 0 Å². The smallest absolute Gasteiger partial charge is 0.407 e. The molecule has 0 radical (unpaired) electrons. The van der Waals surface area contributed by atoms with Gasteiger partial charge >= 0.3 is 6.09 Å². The van der Waals surface area contributed by atoms with Crippen molar-refractivity contribution in [2.75, 3.05) is 19.7 Å². The monoisotopic (exact) mass is 259 g/mol. The van der Waals surface area contributed by atoms with Crippen LogP contribution >= 0.6 is 0 Å². The fourth-order valence-electron chi connectivity index (χ4n) is 0.885. The number of carbonyl (C=O) groups excluding carboxylic acids is 3. The largest absolute Gasteiger partial charge is 0.449 e. The Morgan fingerprint density at radius 1 is 1.17 bits per heavy atom. The van der Waals surface area contributed by atoms with Crippen LogP contribution in [0.3, 0.4) is 0 Å². The van der Waals surface area contributed by atoms with Gasteiger partial charge in [0, 0.05) is 13.0 Å². The molecule has 0 atom stereocenters. The molecule has 0 aromatic rings. The van der Waals surface area contributed by atoms with Gasteiger partial charge in [-0.1, -0.05) is 20.8 Å². The van der Waals surface area contributed by atoms with Gasteiger partial charge in [-0.3, -0.25) is 9.59 Å². The SMILES string of the molecule is CC(C)(C)COC(=O)NCCC(=O)NCC(N)=O. The van der Waals surface area contributed by atoms with Crippen LogP contribution in [-0.2, 0) is 14.3 Å². The minimum absolute atomic E-state index is 0.0674. The van der Waals surface area contributed by atoms with Crippen LogP contribution in [0.1, 0.15) is 27.2 Å². The molecule has 0 aliphatic rings. The lowest BCUT2D eigenvalue weighted by atomic mass is 9.99. The Kier molecular flexibility index (Phi) is 6.77. The number of nitrogens with two attached hydrogens (primary N) is 1. The maximum atomic E-state index is 11.2. The van der Waals surface area contributed by atoms with Gasteiger partial charge in [-0.2, -0.15) is 0 Å². The minimum atomic E-state index is -0.610. The van der Waals surface area contributed by atoms with E-state index in [0.29, 0.717) is 6.61 Å². The third-order valence-corrected chi connectivity index (χ3v) is 1.72. The lowest BCUT2D eigenvalue weighted by molar-refractivity contribution is -0.124. The summed E-state index contributed by atoms with van der Waals surface area (Å²) in [5.74, 6) is -0.967. The molecular weight excluding hydrogens is 238 g/mol. The molecule has 4 N–H and O–H groups in total. The number of primary amides is 1. The summed E-state index contributed by atoms with van der Waals surface area (Å²) in [4.78, 5) is 32.7. The molecule has 0 heterocycles. The van der Waals surface area contributed by atoms with Crippen molar-refractivity contribution in [3.05, 3.63) is 0 Å². The van der Waals surface area contributed by atoms with E-state index in [1.807, 2.05) is 20.8 Å². The van der Waals surface area contributed by atoms with Crippen LogP contribution in [0.15, 0.2) is 0 Å². The number of carbonyl (C=O) groups is 3. The quantitative estimate of drug-likeness (QED) is 0.610. The Morgan fingerprint density at radius 2 is 1.78 bits per heavy atom. The van der Waals surface area contributed by atoms with Crippen molar-refractivity contribution in [2.45, 2.75) is 27.2 Å². The number of amides is 3. The molecular formula is C11H21N3O4. The molecule has 104 valence electrons. The van der Waals surface area contributed by atoms with Crippen molar-refractivity contribution in [1.82, 2.24) is 10.6 Å². The summed E-state index contributed by atoms with van der Waals surface area (Å²) < 4.78 is 4.93. The van der Waals surface area contributed by atoms with Gasteiger partial charge in [-0.05, 0) is 5.41 Å². The van der Waals surface area contributed by atoms with Crippen LogP contribution in [0.25, 0.3) is 0 Å². The highest BCUT2D eigenvalue weighted by atomic mass is 16.5. The Morgan fingerprint density at radius 3 is 2.28 bits per heavy atom. The summed E-state index contributed by atoms with van der Waals surface area (Å²) in [6.07, 6.45) is -0.495. The summed E-state index contributed by atoms with van der Waals surface area (Å²) in [5.41, 5.74) is 4.75. The molecule has 0 saturated carbocycles. The third kappa shape index (κ3) is 10.7. The Hall–Kier alpha value is -1.79. The van der Waals surface area contributed by atoms with Gasteiger partial charge in [0.1, 0.15) is 0 Å². The fraction of sp³-hybridized carbons (Fsp3) is 0.727. The van der Waals surface area contributed by atoms with E-state index >= 15 is 0 Å². The summed E-state index contributed by atoms with van der Waals surface area (Å²) in [6.45, 7) is 6.07. The molecule has 0 aliphatic carbocycles. The van der Waals surface area contributed by atoms with Gasteiger partial charge < -0.3 is 21.1 Å². The number of nitrogens with one attached hydrogen (secondary N) is 2. The lowest BCUT2D eigenvalue weighted by Gasteiger charge is -2.17. The first-order valence-corrected chi connectivity index (χ1v) is 5.66. The first-order chi connectivity index (χ1) is 8.20. The van der Waals surface area contributed by atoms with Gasteiger partial charge in [0.25, 0.3) is 0 Å². The second kappa shape index (κ2) is 7.52. The summed E-state index contributed by atoms with van der Waals surface area (Å²) >= 11 is 0. The molecule has 3 amide bonds. The Balaban J connectivity index is 3.62. The maximum Gasteiger partial charge on any atom is 0.407 e. The van der Waals surface area contributed by atoms with Gasteiger partial charge in [-0.15, -0.1) is 0 Å². The minimum Gasteiger partial charge on any atom is -0.449 e. The average Bonchev–Trinajstić information content (AvgIpc) is 2.22. The van der Waals surface area contributed by atoms with E-state index in [9.17, 15) is 14.4 Å².